The molecule has 1 aromatic rings. The number of hydrogen-bond donors (Lipinski definition) is 3. The number of nitrogens with one attached hydrogen (secondary N) is 2. The molecule has 5 nitrogen and oxygen atoms in total. The minimum absolute atomic E-state index is 0.0195. The molecule has 1 fully saturated rings. The second kappa shape index (κ2) is 6.93. The van der Waals surface area contributed by atoms with E-state index >= 15 is 0 Å². The Balaban J connectivity index is 1.58. The SMILES string of the molecule is Nc1ccccc1CCC(=O)NCCNC(=O)C1CC1. The fourth-order valence-electron chi connectivity index (χ4n) is 1.98. The molecule has 2 rings (SSSR count). The van der Waals surface area contributed by atoms with E-state index in [9.17, 15) is 9.59 Å². The molecule has 0 heterocycles. The fraction of sp³-hybridized carbons (Fsp3) is 0.467. The molecule has 0 saturated heterocycles. The van der Waals surface area contributed by atoms with Crippen LogP contribution in [-0.2, 0) is 16.0 Å². The summed E-state index contributed by atoms with van der Waals surface area (Å²) in [5.74, 6) is 0.303. The molecule has 1 aliphatic rings. The predicted molar refractivity (Wildman–Crippen MR) is 77.9 cm³/mol. The number of amides is 2. The Kier molecular flexibility index (Phi) is 4.98. The lowest BCUT2D eigenvalue weighted by Crippen LogP contribution is -2.35. The number of aryl methyl sites for hydroxylation is 1. The summed E-state index contributed by atoms with van der Waals surface area (Å²) in [6.45, 7) is 0.968. The standard InChI is InChI=1S/C15H21N3O2/c16-13-4-2-1-3-11(13)7-8-14(19)17-9-10-18-15(20)12-5-6-12/h1-4,12H,5-10,16H2,(H,17,19)(H,18,20). The Morgan fingerprint density at radius 1 is 1.15 bits per heavy atom. The third-order valence-electron chi connectivity index (χ3n) is 3.37. The smallest absolute Gasteiger partial charge is 0.223 e. The lowest BCUT2D eigenvalue weighted by atomic mass is 10.1. The molecular formula is C15H21N3O2. The summed E-state index contributed by atoms with van der Waals surface area (Å²) in [6, 6.07) is 7.55. The number of nitrogens with two attached hydrogens (primary N) is 1. The summed E-state index contributed by atoms with van der Waals surface area (Å²) in [4.78, 5) is 23.0. The first kappa shape index (κ1) is 14.4. The van der Waals surface area contributed by atoms with E-state index < -0.39 is 0 Å². The number of hydrogen-bond acceptors (Lipinski definition) is 3. The number of para-hydroxylation sites is 1. The van der Waals surface area contributed by atoms with E-state index in [1.807, 2.05) is 24.3 Å². The summed E-state index contributed by atoms with van der Waals surface area (Å²) in [5, 5.41) is 5.60. The molecule has 1 aliphatic carbocycles. The van der Waals surface area contributed by atoms with Crippen LogP contribution in [0.1, 0.15) is 24.8 Å². The van der Waals surface area contributed by atoms with Gasteiger partial charge in [-0.1, -0.05) is 18.2 Å². The quantitative estimate of drug-likeness (QED) is 0.509. The third kappa shape index (κ3) is 4.57. The Morgan fingerprint density at radius 3 is 2.55 bits per heavy atom. The van der Waals surface area contributed by atoms with Gasteiger partial charge in [-0.05, 0) is 30.9 Å². The topological polar surface area (TPSA) is 84.2 Å². The molecule has 2 amide bonds. The highest BCUT2D eigenvalue weighted by atomic mass is 16.2. The van der Waals surface area contributed by atoms with Gasteiger partial charge in [-0.15, -0.1) is 0 Å². The molecule has 0 radical (unpaired) electrons. The summed E-state index contributed by atoms with van der Waals surface area (Å²) >= 11 is 0. The monoisotopic (exact) mass is 275 g/mol. The van der Waals surface area contributed by atoms with Crippen molar-refractivity contribution in [2.75, 3.05) is 18.8 Å². The molecule has 0 spiro atoms. The van der Waals surface area contributed by atoms with Crippen LogP contribution >= 0.6 is 0 Å². The van der Waals surface area contributed by atoms with Gasteiger partial charge in [0.15, 0.2) is 0 Å². The van der Waals surface area contributed by atoms with E-state index in [-0.39, 0.29) is 17.7 Å². The van der Waals surface area contributed by atoms with Crippen LogP contribution in [0.25, 0.3) is 0 Å². The van der Waals surface area contributed by atoms with Gasteiger partial charge in [-0.3, -0.25) is 9.59 Å². The highest BCUT2D eigenvalue weighted by molar-refractivity contribution is 5.81. The van der Waals surface area contributed by atoms with Crippen molar-refractivity contribution in [1.29, 1.82) is 0 Å². The summed E-state index contributed by atoms with van der Waals surface area (Å²) < 4.78 is 0. The molecule has 5 heteroatoms. The van der Waals surface area contributed by atoms with Crippen LogP contribution in [0, 0.1) is 5.92 Å². The molecule has 1 aromatic carbocycles. The van der Waals surface area contributed by atoms with Crippen molar-refractivity contribution in [3.8, 4) is 0 Å². The fourth-order valence-corrected chi connectivity index (χ4v) is 1.98. The highest BCUT2D eigenvalue weighted by Crippen LogP contribution is 2.28. The largest absolute Gasteiger partial charge is 0.399 e. The summed E-state index contributed by atoms with van der Waals surface area (Å²) in [6.07, 6.45) is 3.03. The zero-order valence-corrected chi connectivity index (χ0v) is 11.5. The number of nitrogen functional groups attached to an aromatic ring is 1. The van der Waals surface area contributed by atoms with E-state index in [0.29, 0.717) is 25.9 Å². The van der Waals surface area contributed by atoms with Crippen LogP contribution in [0.2, 0.25) is 0 Å². The Labute approximate surface area is 118 Å². The average Bonchev–Trinajstić information content (AvgIpc) is 3.27. The normalized spacial score (nSPS) is 13.8. The first-order valence-electron chi connectivity index (χ1n) is 7.04. The number of benzene rings is 1. The molecule has 0 unspecified atom stereocenters. The first-order valence-corrected chi connectivity index (χ1v) is 7.04. The van der Waals surface area contributed by atoms with Gasteiger partial charge < -0.3 is 16.4 Å². The van der Waals surface area contributed by atoms with Gasteiger partial charge in [0.2, 0.25) is 11.8 Å². The molecule has 0 bridgehead atoms. The van der Waals surface area contributed by atoms with E-state index in [1.165, 1.54) is 0 Å². The second-order valence-electron chi connectivity index (χ2n) is 5.11. The number of carbonyl (C=O) groups excluding carboxylic acids is 2. The molecule has 0 aliphatic heterocycles. The number of anilines is 1. The predicted octanol–water partition coefficient (Wildman–Crippen LogP) is 0.844. The molecule has 0 aromatic heterocycles. The van der Waals surface area contributed by atoms with Crippen molar-refractivity contribution < 1.29 is 9.59 Å². The summed E-state index contributed by atoms with van der Waals surface area (Å²) in [5.41, 5.74) is 7.53. The maximum atomic E-state index is 11.7. The molecule has 20 heavy (non-hydrogen) atoms. The lowest BCUT2D eigenvalue weighted by Gasteiger charge is -2.07. The molecule has 4 N–H and O–H groups in total. The van der Waals surface area contributed by atoms with Gasteiger partial charge in [0, 0.05) is 31.1 Å². The first-order chi connectivity index (χ1) is 9.66. The van der Waals surface area contributed by atoms with Crippen molar-refractivity contribution in [3.05, 3.63) is 29.8 Å². The van der Waals surface area contributed by atoms with Crippen molar-refractivity contribution >= 4 is 17.5 Å². The molecule has 108 valence electrons. The van der Waals surface area contributed by atoms with Gasteiger partial charge in [0.1, 0.15) is 0 Å². The van der Waals surface area contributed by atoms with Crippen LogP contribution in [0.5, 0.6) is 0 Å². The minimum atomic E-state index is -0.0195. The average molecular weight is 275 g/mol. The van der Waals surface area contributed by atoms with Gasteiger partial charge in [0.25, 0.3) is 0 Å². The van der Waals surface area contributed by atoms with E-state index in [1.54, 1.807) is 0 Å². The van der Waals surface area contributed by atoms with E-state index in [2.05, 4.69) is 10.6 Å². The second-order valence-corrected chi connectivity index (χ2v) is 5.11. The van der Waals surface area contributed by atoms with Gasteiger partial charge in [-0.25, -0.2) is 0 Å². The van der Waals surface area contributed by atoms with Crippen molar-refractivity contribution in [2.24, 2.45) is 5.92 Å². The number of carbonyl (C=O) groups is 2. The van der Waals surface area contributed by atoms with Gasteiger partial charge >= 0.3 is 0 Å². The lowest BCUT2D eigenvalue weighted by molar-refractivity contribution is -0.123. The van der Waals surface area contributed by atoms with Crippen LogP contribution in [0.4, 0.5) is 5.69 Å². The zero-order chi connectivity index (χ0) is 14.4. The Morgan fingerprint density at radius 2 is 1.85 bits per heavy atom. The maximum absolute atomic E-state index is 11.7. The van der Waals surface area contributed by atoms with E-state index in [0.717, 1.165) is 24.1 Å². The molecular weight excluding hydrogens is 254 g/mol. The zero-order valence-electron chi connectivity index (χ0n) is 11.5. The number of rotatable bonds is 7. The molecule has 0 atom stereocenters. The minimum Gasteiger partial charge on any atom is -0.399 e. The van der Waals surface area contributed by atoms with Crippen LogP contribution < -0.4 is 16.4 Å². The van der Waals surface area contributed by atoms with Gasteiger partial charge in [0.05, 0.1) is 0 Å². The van der Waals surface area contributed by atoms with Crippen LogP contribution in [-0.4, -0.2) is 24.9 Å². The van der Waals surface area contributed by atoms with Crippen LogP contribution in [0.15, 0.2) is 24.3 Å². The van der Waals surface area contributed by atoms with Crippen molar-refractivity contribution in [2.45, 2.75) is 25.7 Å². The third-order valence-corrected chi connectivity index (χ3v) is 3.37. The van der Waals surface area contributed by atoms with E-state index in [4.69, 9.17) is 5.73 Å². The maximum Gasteiger partial charge on any atom is 0.223 e. The van der Waals surface area contributed by atoms with Crippen molar-refractivity contribution in [1.82, 2.24) is 10.6 Å². The Bertz CT molecular complexity index is 484. The Hall–Kier alpha value is -2.04. The molecule has 1 saturated carbocycles. The van der Waals surface area contributed by atoms with Crippen molar-refractivity contribution in [3.63, 3.8) is 0 Å². The van der Waals surface area contributed by atoms with Gasteiger partial charge in [-0.2, -0.15) is 0 Å². The highest BCUT2D eigenvalue weighted by Gasteiger charge is 2.28. The van der Waals surface area contributed by atoms with Crippen LogP contribution in [0.3, 0.4) is 0 Å². The summed E-state index contributed by atoms with van der Waals surface area (Å²) in [7, 11) is 0.